The average molecular weight is 230 g/mol. The number of carbonyl (C=O) groups excluding carboxylic acids is 1. The second-order valence-electron chi connectivity index (χ2n) is 3.68. The second kappa shape index (κ2) is 4.57. The van der Waals surface area contributed by atoms with Crippen LogP contribution in [-0.2, 0) is 16.0 Å². The van der Waals surface area contributed by atoms with E-state index >= 15 is 0 Å². The van der Waals surface area contributed by atoms with Gasteiger partial charge in [-0.1, -0.05) is 6.07 Å². The maximum atomic E-state index is 13.2. The Bertz CT molecular complexity index is 402. The molecule has 1 aromatic carbocycles. The molecule has 0 aromatic heterocycles. The molecule has 1 N–H and O–H groups in total. The number of ether oxygens (including phenoxy) is 1. The lowest BCUT2D eigenvalue weighted by molar-refractivity contribution is -0.160. The first-order valence-electron chi connectivity index (χ1n) is 4.61. The van der Waals surface area contributed by atoms with Crippen molar-refractivity contribution >= 4 is 5.97 Å². The molecule has 0 bridgehead atoms. The Morgan fingerprint density at radius 1 is 1.50 bits per heavy atom. The summed E-state index contributed by atoms with van der Waals surface area (Å²) in [6.45, 7) is 1.21. The molecule has 0 fully saturated rings. The summed E-state index contributed by atoms with van der Waals surface area (Å²) >= 11 is 0. The molecule has 0 spiro atoms. The van der Waals surface area contributed by atoms with Crippen LogP contribution < -0.4 is 0 Å². The van der Waals surface area contributed by atoms with E-state index in [1.807, 2.05) is 0 Å². The zero-order chi connectivity index (χ0) is 12.3. The number of halogens is 2. The van der Waals surface area contributed by atoms with E-state index in [1.165, 1.54) is 13.0 Å². The largest absolute Gasteiger partial charge is 0.467 e. The van der Waals surface area contributed by atoms with Gasteiger partial charge in [-0.25, -0.2) is 13.6 Å². The number of rotatable bonds is 3. The van der Waals surface area contributed by atoms with Crippen molar-refractivity contribution in [2.45, 2.75) is 18.9 Å². The molecule has 0 aliphatic heterocycles. The van der Waals surface area contributed by atoms with Gasteiger partial charge in [0, 0.05) is 12.5 Å². The first kappa shape index (κ1) is 12.6. The number of benzene rings is 1. The normalized spacial score (nSPS) is 14.3. The first-order chi connectivity index (χ1) is 7.36. The van der Waals surface area contributed by atoms with Gasteiger partial charge in [0.2, 0.25) is 0 Å². The lowest BCUT2D eigenvalue weighted by atomic mass is 9.96. The van der Waals surface area contributed by atoms with Gasteiger partial charge in [0.05, 0.1) is 7.11 Å². The standard InChI is InChI=1S/C11H12F2O3/c1-11(15,10(14)16-2)6-7-3-4-8(12)5-9(7)13/h3-5,15H,6H2,1-2H3. The average Bonchev–Trinajstić information content (AvgIpc) is 2.21. The van der Waals surface area contributed by atoms with E-state index in [2.05, 4.69) is 4.74 Å². The Balaban J connectivity index is 2.92. The van der Waals surface area contributed by atoms with Gasteiger partial charge in [-0.15, -0.1) is 0 Å². The molecular weight excluding hydrogens is 218 g/mol. The molecule has 0 aliphatic carbocycles. The third kappa shape index (κ3) is 2.76. The van der Waals surface area contributed by atoms with Crippen LogP contribution in [0.4, 0.5) is 8.78 Å². The van der Waals surface area contributed by atoms with E-state index in [4.69, 9.17) is 0 Å². The number of hydrogen-bond acceptors (Lipinski definition) is 3. The van der Waals surface area contributed by atoms with Crippen molar-refractivity contribution in [3.63, 3.8) is 0 Å². The maximum absolute atomic E-state index is 13.2. The highest BCUT2D eigenvalue weighted by atomic mass is 19.1. The lowest BCUT2D eigenvalue weighted by Gasteiger charge is -2.20. The summed E-state index contributed by atoms with van der Waals surface area (Å²) < 4.78 is 30.2. The van der Waals surface area contributed by atoms with Gasteiger partial charge in [0.1, 0.15) is 11.6 Å². The third-order valence-electron chi connectivity index (χ3n) is 2.17. The number of aliphatic hydroxyl groups is 1. The molecule has 0 heterocycles. The summed E-state index contributed by atoms with van der Waals surface area (Å²) in [5, 5.41) is 9.70. The van der Waals surface area contributed by atoms with E-state index < -0.39 is 23.2 Å². The monoisotopic (exact) mass is 230 g/mol. The van der Waals surface area contributed by atoms with Crippen molar-refractivity contribution in [1.82, 2.24) is 0 Å². The van der Waals surface area contributed by atoms with Crippen LogP contribution in [0.25, 0.3) is 0 Å². The van der Waals surface area contributed by atoms with Crippen LogP contribution in [0, 0.1) is 11.6 Å². The molecule has 0 radical (unpaired) electrons. The Hall–Kier alpha value is -1.49. The lowest BCUT2D eigenvalue weighted by Crippen LogP contribution is -2.38. The van der Waals surface area contributed by atoms with Crippen LogP contribution in [0.5, 0.6) is 0 Å². The van der Waals surface area contributed by atoms with E-state index in [0.29, 0.717) is 6.07 Å². The molecule has 3 nitrogen and oxygen atoms in total. The minimum atomic E-state index is -1.83. The van der Waals surface area contributed by atoms with Crippen LogP contribution in [-0.4, -0.2) is 23.8 Å². The highest BCUT2D eigenvalue weighted by molar-refractivity contribution is 5.79. The van der Waals surface area contributed by atoms with E-state index in [9.17, 15) is 18.7 Å². The van der Waals surface area contributed by atoms with Crippen molar-refractivity contribution < 1.29 is 23.4 Å². The number of hydrogen-bond donors (Lipinski definition) is 1. The smallest absolute Gasteiger partial charge is 0.337 e. The molecule has 1 aromatic rings. The van der Waals surface area contributed by atoms with Crippen molar-refractivity contribution in [1.29, 1.82) is 0 Å². The predicted octanol–water partition coefficient (Wildman–Crippen LogP) is 1.43. The Morgan fingerprint density at radius 2 is 2.12 bits per heavy atom. The molecule has 5 heteroatoms. The highest BCUT2D eigenvalue weighted by Crippen LogP contribution is 2.18. The summed E-state index contributed by atoms with van der Waals surface area (Å²) in [6, 6.07) is 2.94. The summed E-state index contributed by atoms with van der Waals surface area (Å²) in [5.74, 6) is -2.38. The molecule has 16 heavy (non-hydrogen) atoms. The SMILES string of the molecule is COC(=O)C(C)(O)Cc1ccc(F)cc1F. The Morgan fingerprint density at radius 3 is 2.62 bits per heavy atom. The Labute approximate surface area is 91.7 Å². The van der Waals surface area contributed by atoms with E-state index in [-0.39, 0.29) is 12.0 Å². The number of carbonyl (C=O) groups is 1. The minimum absolute atomic E-state index is 0.0526. The van der Waals surface area contributed by atoms with Crippen molar-refractivity contribution in [2.75, 3.05) is 7.11 Å². The van der Waals surface area contributed by atoms with Gasteiger partial charge < -0.3 is 9.84 Å². The van der Waals surface area contributed by atoms with Crippen molar-refractivity contribution in [3.05, 3.63) is 35.4 Å². The van der Waals surface area contributed by atoms with E-state index in [1.54, 1.807) is 0 Å². The molecule has 1 rings (SSSR count). The van der Waals surface area contributed by atoms with Gasteiger partial charge in [0.15, 0.2) is 5.60 Å². The quantitative estimate of drug-likeness (QED) is 0.799. The van der Waals surface area contributed by atoms with Gasteiger partial charge in [-0.2, -0.15) is 0 Å². The molecule has 0 aliphatic rings. The van der Waals surface area contributed by atoms with Gasteiger partial charge >= 0.3 is 5.97 Å². The first-order valence-corrected chi connectivity index (χ1v) is 4.61. The van der Waals surface area contributed by atoms with Crippen molar-refractivity contribution in [3.8, 4) is 0 Å². The van der Waals surface area contributed by atoms with Gasteiger partial charge in [-0.05, 0) is 18.6 Å². The maximum Gasteiger partial charge on any atom is 0.337 e. The zero-order valence-electron chi connectivity index (χ0n) is 8.96. The van der Waals surface area contributed by atoms with Gasteiger partial charge in [-0.3, -0.25) is 0 Å². The molecule has 0 saturated carbocycles. The van der Waals surface area contributed by atoms with E-state index in [0.717, 1.165) is 13.2 Å². The van der Waals surface area contributed by atoms with Gasteiger partial charge in [0.25, 0.3) is 0 Å². The molecular formula is C11H12F2O3. The fraction of sp³-hybridized carbons (Fsp3) is 0.364. The fourth-order valence-corrected chi connectivity index (χ4v) is 1.33. The molecule has 1 unspecified atom stereocenters. The van der Waals surface area contributed by atoms with Crippen LogP contribution in [0.1, 0.15) is 12.5 Å². The number of methoxy groups -OCH3 is 1. The topological polar surface area (TPSA) is 46.5 Å². The number of esters is 1. The van der Waals surface area contributed by atoms with Crippen LogP contribution in [0.3, 0.4) is 0 Å². The van der Waals surface area contributed by atoms with Crippen LogP contribution >= 0.6 is 0 Å². The highest BCUT2D eigenvalue weighted by Gasteiger charge is 2.32. The third-order valence-corrected chi connectivity index (χ3v) is 2.17. The molecule has 88 valence electrons. The Kier molecular flexibility index (Phi) is 3.59. The fourth-order valence-electron chi connectivity index (χ4n) is 1.33. The summed E-state index contributed by atoms with van der Waals surface area (Å²) in [5.41, 5.74) is -1.77. The van der Waals surface area contributed by atoms with Crippen molar-refractivity contribution in [2.24, 2.45) is 0 Å². The molecule has 0 saturated heterocycles. The molecule has 1 atom stereocenters. The zero-order valence-corrected chi connectivity index (χ0v) is 8.96. The minimum Gasteiger partial charge on any atom is -0.467 e. The van der Waals surface area contributed by atoms with Crippen LogP contribution in [0.2, 0.25) is 0 Å². The summed E-state index contributed by atoms with van der Waals surface area (Å²) in [4.78, 5) is 11.1. The second-order valence-corrected chi connectivity index (χ2v) is 3.68. The predicted molar refractivity (Wildman–Crippen MR) is 52.7 cm³/mol. The van der Waals surface area contributed by atoms with Crippen LogP contribution in [0.15, 0.2) is 18.2 Å². The summed E-state index contributed by atoms with van der Waals surface area (Å²) in [7, 11) is 1.12. The summed E-state index contributed by atoms with van der Waals surface area (Å²) in [6.07, 6.45) is -0.272. The molecule has 0 amide bonds.